The molecular weight excluding hydrogens is 226 g/mol. The monoisotopic (exact) mass is 257 g/mol. The van der Waals surface area contributed by atoms with Crippen molar-refractivity contribution in [2.75, 3.05) is 60.5 Å². The summed E-state index contributed by atoms with van der Waals surface area (Å²) in [5, 5.41) is 3.38. The van der Waals surface area contributed by atoms with Crippen molar-refractivity contribution in [2.24, 2.45) is 11.8 Å². The van der Waals surface area contributed by atoms with E-state index in [0.717, 1.165) is 38.8 Å². The zero-order chi connectivity index (χ0) is 13.5. The number of nitrogens with zero attached hydrogens (tertiary/aromatic N) is 2. The number of rotatable bonds is 8. The number of likely N-dealkylation sites (N-methyl/N-ethyl adjacent to an activating group) is 2. The highest BCUT2D eigenvalue weighted by Crippen LogP contribution is 2.15. The highest BCUT2D eigenvalue weighted by Gasteiger charge is 2.28. The second-order valence-electron chi connectivity index (χ2n) is 6.15. The summed E-state index contributed by atoms with van der Waals surface area (Å²) in [5.41, 5.74) is 0. The summed E-state index contributed by atoms with van der Waals surface area (Å²) in [4.78, 5) is 4.85. The molecule has 0 saturated carbocycles. The van der Waals surface area contributed by atoms with E-state index in [1.54, 1.807) is 0 Å². The third kappa shape index (κ3) is 5.65. The van der Waals surface area contributed by atoms with Crippen molar-refractivity contribution in [3.8, 4) is 0 Å². The summed E-state index contributed by atoms with van der Waals surface area (Å²) in [5.74, 6) is 1.36. The van der Waals surface area contributed by atoms with Crippen LogP contribution in [0.5, 0.6) is 0 Å². The van der Waals surface area contributed by atoms with E-state index in [9.17, 15) is 0 Å². The molecule has 1 saturated heterocycles. The van der Waals surface area contributed by atoms with Gasteiger partial charge in [-0.2, -0.15) is 0 Å². The van der Waals surface area contributed by atoms with Crippen LogP contribution in [0.15, 0.2) is 0 Å². The van der Waals surface area contributed by atoms with Crippen LogP contribution >= 0.6 is 0 Å². The van der Waals surface area contributed by atoms with E-state index >= 15 is 0 Å². The predicted molar refractivity (Wildman–Crippen MR) is 77.0 cm³/mol. The summed E-state index contributed by atoms with van der Waals surface area (Å²) in [6.07, 6.45) is 0. The minimum Gasteiger partial charge on any atom is -0.379 e. The largest absolute Gasteiger partial charge is 0.379 e. The van der Waals surface area contributed by atoms with Gasteiger partial charge >= 0.3 is 0 Å². The standard InChI is InChI=1S/C14H31N3O/c1-12(2)8-17(7-6-16(4)5)9-13-10-18-11-14(13)15-3/h12-15H,6-11H2,1-5H3. The smallest absolute Gasteiger partial charge is 0.0623 e. The molecule has 1 N–H and O–H groups in total. The molecule has 1 rings (SSSR count). The molecule has 0 spiro atoms. The average Bonchev–Trinajstić information content (AvgIpc) is 2.72. The van der Waals surface area contributed by atoms with Gasteiger partial charge < -0.3 is 19.9 Å². The van der Waals surface area contributed by atoms with E-state index in [1.165, 1.54) is 6.54 Å². The first-order valence-electron chi connectivity index (χ1n) is 7.15. The van der Waals surface area contributed by atoms with Gasteiger partial charge in [0.25, 0.3) is 0 Å². The predicted octanol–water partition coefficient (Wildman–Crippen LogP) is 0.740. The molecule has 0 aromatic carbocycles. The van der Waals surface area contributed by atoms with Gasteiger partial charge in [-0.25, -0.2) is 0 Å². The molecule has 2 unspecified atom stereocenters. The molecule has 0 aliphatic carbocycles. The van der Waals surface area contributed by atoms with Crippen molar-refractivity contribution in [1.29, 1.82) is 0 Å². The molecule has 4 heteroatoms. The lowest BCUT2D eigenvalue weighted by molar-refractivity contribution is 0.155. The van der Waals surface area contributed by atoms with Gasteiger partial charge in [0.05, 0.1) is 13.2 Å². The van der Waals surface area contributed by atoms with Crippen LogP contribution in [0, 0.1) is 11.8 Å². The van der Waals surface area contributed by atoms with E-state index in [-0.39, 0.29) is 0 Å². The normalized spacial score (nSPS) is 24.7. The molecule has 1 aliphatic rings. The van der Waals surface area contributed by atoms with Crippen LogP contribution in [0.1, 0.15) is 13.8 Å². The molecule has 0 amide bonds. The molecule has 0 radical (unpaired) electrons. The zero-order valence-corrected chi connectivity index (χ0v) is 12.8. The van der Waals surface area contributed by atoms with Gasteiger partial charge in [-0.05, 0) is 27.1 Å². The molecular formula is C14H31N3O. The average molecular weight is 257 g/mol. The number of nitrogens with one attached hydrogen (secondary N) is 1. The summed E-state index contributed by atoms with van der Waals surface area (Å²) >= 11 is 0. The van der Waals surface area contributed by atoms with Crippen LogP contribution in [-0.4, -0.2) is 76.4 Å². The Labute approximate surface area is 113 Å². The molecule has 18 heavy (non-hydrogen) atoms. The first-order valence-corrected chi connectivity index (χ1v) is 7.15. The van der Waals surface area contributed by atoms with Gasteiger partial charge in [0, 0.05) is 38.1 Å². The highest BCUT2D eigenvalue weighted by atomic mass is 16.5. The van der Waals surface area contributed by atoms with E-state index < -0.39 is 0 Å². The summed E-state index contributed by atoms with van der Waals surface area (Å²) in [6, 6.07) is 0.527. The van der Waals surface area contributed by atoms with Crippen molar-refractivity contribution < 1.29 is 4.74 Å². The van der Waals surface area contributed by atoms with Gasteiger partial charge in [-0.3, -0.25) is 0 Å². The molecule has 2 atom stereocenters. The van der Waals surface area contributed by atoms with Crippen LogP contribution in [0.2, 0.25) is 0 Å². The van der Waals surface area contributed by atoms with E-state index in [1.807, 2.05) is 7.05 Å². The maximum absolute atomic E-state index is 5.59. The highest BCUT2D eigenvalue weighted by molar-refractivity contribution is 4.83. The van der Waals surface area contributed by atoms with Gasteiger partial charge in [-0.15, -0.1) is 0 Å². The minimum absolute atomic E-state index is 0.527. The Morgan fingerprint density at radius 1 is 1.22 bits per heavy atom. The Morgan fingerprint density at radius 3 is 2.50 bits per heavy atom. The van der Waals surface area contributed by atoms with Crippen LogP contribution in [0.25, 0.3) is 0 Å². The second-order valence-corrected chi connectivity index (χ2v) is 6.15. The van der Waals surface area contributed by atoms with E-state index in [4.69, 9.17) is 4.74 Å². The fraction of sp³-hybridized carbons (Fsp3) is 1.00. The van der Waals surface area contributed by atoms with Crippen LogP contribution in [0.4, 0.5) is 0 Å². The third-order valence-corrected chi connectivity index (χ3v) is 3.55. The lowest BCUT2D eigenvalue weighted by Crippen LogP contribution is -2.43. The summed E-state index contributed by atoms with van der Waals surface area (Å²) in [6.45, 7) is 11.0. The van der Waals surface area contributed by atoms with Crippen molar-refractivity contribution in [3.05, 3.63) is 0 Å². The molecule has 0 aromatic heterocycles. The Hall–Kier alpha value is -0.160. The fourth-order valence-corrected chi connectivity index (χ4v) is 2.54. The van der Waals surface area contributed by atoms with Gasteiger partial charge in [0.2, 0.25) is 0 Å². The number of hydrogen-bond donors (Lipinski definition) is 1. The Bertz CT molecular complexity index is 221. The van der Waals surface area contributed by atoms with Crippen LogP contribution in [-0.2, 0) is 4.74 Å². The van der Waals surface area contributed by atoms with Gasteiger partial charge in [0.1, 0.15) is 0 Å². The lowest BCUT2D eigenvalue weighted by atomic mass is 10.0. The van der Waals surface area contributed by atoms with Crippen molar-refractivity contribution in [1.82, 2.24) is 15.1 Å². The first kappa shape index (κ1) is 15.9. The van der Waals surface area contributed by atoms with Crippen molar-refractivity contribution >= 4 is 0 Å². The summed E-state index contributed by atoms with van der Waals surface area (Å²) in [7, 11) is 6.32. The molecule has 1 heterocycles. The molecule has 0 bridgehead atoms. The fourth-order valence-electron chi connectivity index (χ4n) is 2.54. The topological polar surface area (TPSA) is 27.7 Å². The third-order valence-electron chi connectivity index (χ3n) is 3.55. The first-order chi connectivity index (χ1) is 8.52. The second kappa shape index (κ2) is 8.10. The summed E-state index contributed by atoms with van der Waals surface area (Å²) < 4.78 is 5.59. The van der Waals surface area contributed by atoms with Crippen LogP contribution < -0.4 is 5.32 Å². The van der Waals surface area contributed by atoms with E-state index in [2.05, 4.69) is 43.1 Å². The Morgan fingerprint density at radius 2 is 1.94 bits per heavy atom. The molecule has 0 aromatic rings. The molecule has 4 nitrogen and oxygen atoms in total. The van der Waals surface area contributed by atoms with Crippen LogP contribution in [0.3, 0.4) is 0 Å². The Kier molecular flexibility index (Phi) is 7.15. The van der Waals surface area contributed by atoms with Crippen molar-refractivity contribution in [3.63, 3.8) is 0 Å². The lowest BCUT2D eigenvalue weighted by Gasteiger charge is -2.29. The van der Waals surface area contributed by atoms with Gasteiger partial charge in [0.15, 0.2) is 0 Å². The minimum atomic E-state index is 0.527. The zero-order valence-electron chi connectivity index (χ0n) is 12.8. The van der Waals surface area contributed by atoms with E-state index in [0.29, 0.717) is 12.0 Å². The molecule has 1 fully saturated rings. The van der Waals surface area contributed by atoms with Crippen molar-refractivity contribution in [2.45, 2.75) is 19.9 Å². The maximum atomic E-state index is 5.59. The number of ether oxygens (including phenoxy) is 1. The SMILES string of the molecule is CNC1COCC1CN(CCN(C)C)CC(C)C. The maximum Gasteiger partial charge on any atom is 0.0623 e. The number of hydrogen-bond acceptors (Lipinski definition) is 4. The molecule has 1 aliphatic heterocycles. The quantitative estimate of drug-likeness (QED) is 0.694. The Balaban J connectivity index is 2.43. The molecule has 108 valence electrons. The van der Waals surface area contributed by atoms with Gasteiger partial charge in [-0.1, -0.05) is 13.8 Å².